The molecule has 11 heteroatoms. The zero-order valence-electron chi connectivity index (χ0n) is 16.9. The third-order valence-corrected chi connectivity index (χ3v) is 6.88. The van der Waals surface area contributed by atoms with Gasteiger partial charge in [-0.05, 0) is 39.7 Å². The van der Waals surface area contributed by atoms with Crippen LogP contribution < -0.4 is 0 Å². The van der Waals surface area contributed by atoms with Gasteiger partial charge in [0, 0.05) is 24.4 Å². The van der Waals surface area contributed by atoms with Crippen LogP contribution >= 0.6 is 35.3 Å². The van der Waals surface area contributed by atoms with Crippen LogP contribution in [0.2, 0.25) is 0 Å². The monoisotopic (exact) mass is 469 g/mol. The maximum absolute atomic E-state index is 12.4. The normalized spacial score (nSPS) is 19.6. The fraction of sp³-hybridized carbons (Fsp3) is 0.526. The molecule has 2 aliphatic heterocycles. The van der Waals surface area contributed by atoms with Crippen LogP contribution in [0.1, 0.15) is 50.2 Å². The quantitative estimate of drug-likeness (QED) is 0.528. The van der Waals surface area contributed by atoms with Gasteiger partial charge in [-0.15, -0.1) is 11.3 Å². The van der Waals surface area contributed by atoms with E-state index in [2.05, 4.69) is 4.98 Å². The molecule has 2 amide bonds. The van der Waals surface area contributed by atoms with E-state index in [0.29, 0.717) is 23.7 Å². The topological polar surface area (TPSA) is 100 Å². The minimum Gasteiger partial charge on any atom is -0.480 e. The van der Waals surface area contributed by atoms with Crippen LogP contribution in [0.25, 0.3) is 6.08 Å². The van der Waals surface area contributed by atoms with E-state index in [1.807, 2.05) is 26.2 Å². The molecular formula is C19H23N3O5S3. The van der Waals surface area contributed by atoms with Crippen molar-refractivity contribution >= 4 is 63.7 Å². The summed E-state index contributed by atoms with van der Waals surface area (Å²) in [6, 6.07) is 0. The third-order valence-electron chi connectivity index (χ3n) is 4.48. The van der Waals surface area contributed by atoms with Crippen LogP contribution in [0.5, 0.6) is 0 Å². The predicted octanol–water partition coefficient (Wildman–Crippen LogP) is 3.54. The van der Waals surface area contributed by atoms with Gasteiger partial charge in [-0.2, -0.15) is 0 Å². The first-order valence-electron chi connectivity index (χ1n) is 9.44. The SMILES string of the molecule is CC(C)(C)OC(=O)N1CCC(c2nc(/C=C3\SC(=S)N(CC(=O)O)C3=O)cs2)CC1. The van der Waals surface area contributed by atoms with Gasteiger partial charge in [-0.3, -0.25) is 14.5 Å². The number of carboxylic acids is 1. The number of amides is 2. The number of nitrogens with zero attached hydrogens (tertiary/aromatic N) is 3. The molecule has 2 fully saturated rings. The molecule has 1 aromatic heterocycles. The summed E-state index contributed by atoms with van der Waals surface area (Å²) in [7, 11) is 0. The zero-order valence-corrected chi connectivity index (χ0v) is 19.4. The number of piperidine rings is 1. The molecule has 2 aliphatic rings. The van der Waals surface area contributed by atoms with Crippen LogP contribution in [0.15, 0.2) is 10.3 Å². The number of hydrogen-bond donors (Lipinski definition) is 1. The smallest absolute Gasteiger partial charge is 0.410 e. The maximum Gasteiger partial charge on any atom is 0.410 e. The van der Waals surface area contributed by atoms with Crippen LogP contribution in [0, 0.1) is 0 Å². The lowest BCUT2D eigenvalue weighted by atomic mass is 9.98. The van der Waals surface area contributed by atoms with Crippen LogP contribution in [0.3, 0.4) is 0 Å². The minimum atomic E-state index is -1.11. The van der Waals surface area contributed by atoms with E-state index in [4.69, 9.17) is 22.1 Å². The first-order chi connectivity index (χ1) is 14.0. The summed E-state index contributed by atoms with van der Waals surface area (Å²) in [4.78, 5) is 43.3. The van der Waals surface area contributed by atoms with Crippen LogP contribution in [0.4, 0.5) is 4.79 Å². The number of carbonyl (C=O) groups excluding carboxylic acids is 2. The van der Waals surface area contributed by atoms with Gasteiger partial charge < -0.3 is 14.7 Å². The predicted molar refractivity (Wildman–Crippen MR) is 119 cm³/mol. The van der Waals surface area contributed by atoms with Crippen molar-refractivity contribution in [3.8, 4) is 0 Å². The third kappa shape index (κ3) is 5.58. The number of thioether (sulfide) groups is 1. The van der Waals surface area contributed by atoms with Crippen molar-refractivity contribution in [3.63, 3.8) is 0 Å². The van der Waals surface area contributed by atoms with E-state index in [1.165, 1.54) is 11.3 Å². The first-order valence-corrected chi connectivity index (χ1v) is 11.5. The summed E-state index contributed by atoms with van der Waals surface area (Å²) in [6.07, 6.45) is 2.96. The molecule has 8 nitrogen and oxygen atoms in total. The molecule has 0 radical (unpaired) electrons. The number of hydrogen-bond acceptors (Lipinski definition) is 8. The molecule has 0 atom stereocenters. The molecule has 162 valence electrons. The molecule has 3 rings (SSSR count). The van der Waals surface area contributed by atoms with Crippen molar-refractivity contribution in [3.05, 3.63) is 21.0 Å². The molecule has 0 spiro atoms. The van der Waals surface area contributed by atoms with Gasteiger partial charge in [0.15, 0.2) is 0 Å². The number of thiocarbonyl (C=S) groups is 1. The molecule has 30 heavy (non-hydrogen) atoms. The highest BCUT2D eigenvalue weighted by molar-refractivity contribution is 8.26. The number of rotatable bonds is 4. The Kier molecular flexibility index (Phi) is 6.83. The fourth-order valence-corrected chi connectivity index (χ4v) is 5.28. The van der Waals surface area contributed by atoms with Crippen molar-refractivity contribution < 1.29 is 24.2 Å². The second-order valence-electron chi connectivity index (χ2n) is 8.01. The fourth-order valence-electron chi connectivity index (χ4n) is 3.10. The number of carboxylic acid groups (broad SMARTS) is 1. The average molecular weight is 470 g/mol. The highest BCUT2D eigenvalue weighted by Gasteiger charge is 2.34. The highest BCUT2D eigenvalue weighted by atomic mass is 32.2. The van der Waals surface area contributed by atoms with Gasteiger partial charge in [-0.1, -0.05) is 24.0 Å². The largest absolute Gasteiger partial charge is 0.480 e. The van der Waals surface area contributed by atoms with Crippen LogP contribution in [-0.4, -0.2) is 67.4 Å². The number of aromatic nitrogens is 1. The van der Waals surface area contributed by atoms with E-state index < -0.39 is 24.0 Å². The Morgan fingerprint density at radius 2 is 2.03 bits per heavy atom. The van der Waals surface area contributed by atoms with E-state index in [9.17, 15) is 14.4 Å². The molecule has 3 heterocycles. The molecule has 0 saturated carbocycles. The lowest BCUT2D eigenvalue weighted by Gasteiger charge is -2.32. The van der Waals surface area contributed by atoms with Crippen molar-refractivity contribution in [2.75, 3.05) is 19.6 Å². The molecular weight excluding hydrogens is 446 g/mol. The molecule has 0 aliphatic carbocycles. The Labute approximate surface area is 188 Å². The highest BCUT2D eigenvalue weighted by Crippen LogP contribution is 2.34. The lowest BCUT2D eigenvalue weighted by molar-refractivity contribution is -0.140. The maximum atomic E-state index is 12.4. The lowest BCUT2D eigenvalue weighted by Crippen LogP contribution is -2.41. The molecule has 2 saturated heterocycles. The van der Waals surface area contributed by atoms with Crippen LogP contribution in [-0.2, 0) is 14.3 Å². The molecule has 1 aromatic rings. The van der Waals surface area contributed by atoms with Crippen molar-refractivity contribution in [2.24, 2.45) is 0 Å². The number of aliphatic carboxylic acids is 1. The van der Waals surface area contributed by atoms with Gasteiger partial charge >= 0.3 is 12.1 Å². The van der Waals surface area contributed by atoms with Gasteiger partial charge in [-0.25, -0.2) is 9.78 Å². The molecule has 0 bridgehead atoms. The van der Waals surface area contributed by atoms with Crippen molar-refractivity contribution in [1.29, 1.82) is 0 Å². The Morgan fingerprint density at radius 3 is 2.63 bits per heavy atom. The molecule has 1 N–H and O–H groups in total. The Hall–Kier alpha value is -1.98. The van der Waals surface area contributed by atoms with E-state index in [1.54, 1.807) is 11.0 Å². The standard InChI is InChI=1S/C19H23N3O5S3/c1-19(2,3)27-17(26)21-6-4-11(5-7-21)15-20-12(10-29-15)8-13-16(25)22(9-14(23)24)18(28)30-13/h8,10-11H,4-7,9H2,1-3H3,(H,23,24)/b13-8-. The zero-order chi connectivity index (χ0) is 22.1. The van der Waals surface area contributed by atoms with Gasteiger partial charge in [0.25, 0.3) is 5.91 Å². The summed E-state index contributed by atoms with van der Waals surface area (Å²) < 4.78 is 5.66. The summed E-state index contributed by atoms with van der Waals surface area (Å²) >= 11 is 7.71. The summed E-state index contributed by atoms with van der Waals surface area (Å²) in [6.45, 7) is 6.34. The van der Waals surface area contributed by atoms with Crippen molar-refractivity contribution in [1.82, 2.24) is 14.8 Å². The summed E-state index contributed by atoms with van der Waals surface area (Å²) in [5, 5.41) is 11.8. The Bertz CT molecular complexity index is 897. The number of likely N-dealkylation sites (tertiary alicyclic amines) is 1. The van der Waals surface area contributed by atoms with E-state index in [-0.39, 0.29) is 16.3 Å². The summed E-state index contributed by atoms with van der Waals surface area (Å²) in [5.41, 5.74) is 0.143. The Morgan fingerprint density at radius 1 is 1.37 bits per heavy atom. The summed E-state index contributed by atoms with van der Waals surface area (Å²) in [5.74, 6) is -1.27. The molecule has 0 unspecified atom stereocenters. The second-order valence-corrected chi connectivity index (χ2v) is 10.6. The second kappa shape index (κ2) is 9.03. The van der Waals surface area contributed by atoms with E-state index in [0.717, 1.165) is 34.5 Å². The number of thiazole rings is 1. The first kappa shape index (κ1) is 22.7. The molecule has 0 aromatic carbocycles. The minimum absolute atomic E-state index is 0.235. The van der Waals surface area contributed by atoms with E-state index >= 15 is 0 Å². The van der Waals surface area contributed by atoms with Gasteiger partial charge in [0.05, 0.1) is 15.6 Å². The van der Waals surface area contributed by atoms with Crippen molar-refractivity contribution in [2.45, 2.75) is 45.1 Å². The Balaban J connectivity index is 1.60. The van der Waals surface area contributed by atoms with Gasteiger partial charge in [0.1, 0.15) is 16.5 Å². The number of carbonyl (C=O) groups is 3. The average Bonchev–Trinajstić information content (AvgIpc) is 3.21. The van der Waals surface area contributed by atoms with Gasteiger partial charge in [0.2, 0.25) is 0 Å². The number of ether oxygens (including phenoxy) is 1.